The summed E-state index contributed by atoms with van der Waals surface area (Å²) in [5.41, 5.74) is 0. The first-order valence-corrected chi connectivity index (χ1v) is 8.98. The van der Waals surface area contributed by atoms with Gasteiger partial charge in [0.05, 0.1) is 9.37 Å². The molecule has 2 atom stereocenters. The molecule has 3 nitrogen and oxygen atoms in total. The van der Waals surface area contributed by atoms with Crippen LogP contribution in [0.2, 0.25) is 0 Å². The van der Waals surface area contributed by atoms with Crippen LogP contribution in [0.15, 0.2) is 27.6 Å². The molecule has 0 aromatic heterocycles. The average molecular weight is 364 g/mol. The van der Waals surface area contributed by atoms with Gasteiger partial charge in [-0.15, -0.1) is 0 Å². The van der Waals surface area contributed by atoms with Crippen LogP contribution in [0.3, 0.4) is 0 Å². The zero-order valence-corrected chi connectivity index (χ0v) is 14.0. The second-order valence-corrected chi connectivity index (χ2v) is 8.37. The molecule has 112 valence electrons. The molecule has 0 radical (unpaired) electrons. The highest BCUT2D eigenvalue weighted by Crippen LogP contribution is 2.30. The highest BCUT2D eigenvalue weighted by molar-refractivity contribution is 9.10. The molecule has 0 bridgehead atoms. The fourth-order valence-electron chi connectivity index (χ4n) is 2.73. The number of sulfonamides is 1. The number of nitrogens with zero attached hydrogens (tertiary/aromatic N) is 1. The summed E-state index contributed by atoms with van der Waals surface area (Å²) in [5.74, 6) is -0.0236. The minimum absolute atomic E-state index is 0.00968. The molecular formula is C14H19BrFNO2S. The zero-order chi connectivity index (χ0) is 14.9. The van der Waals surface area contributed by atoms with Crippen molar-refractivity contribution in [3.8, 4) is 0 Å². The van der Waals surface area contributed by atoms with Crippen LogP contribution < -0.4 is 0 Å². The third-order valence-electron chi connectivity index (χ3n) is 3.99. The number of rotatable bonds is 3. The van der Waals surface area contributed by atoms with Crippen LogP contribution in [0.25, 0.3) is 0 Å². The van der Waals surface area contributed by atoms with Crippen molar-refractivity contribution < 1.29 is 12.8 Å². The summed E-state index contributed by atoms with van der Waals surface area (Å²) in [4.78, 5) is 0.0129. The van der Waals surface area contributed by atoms with E-state index >= 15 is 0 Å². The molecule has 0 aliphatic heterocycles. The Hall–Kier alpha value is -0.460. The largest absolute Gasteiger partial charge is 0.243 e. The number of halogens is 2. The van der Waals surface area contributed by atoms with E-state index in [1.165, 1.54) is 16.4 Å². The van der Waals surface area contributed by atoms with E-state index in [1.807, 2.05) is 0 Å². The molecule has 2 unspecified atom stereocenters. The molecule has 1 saturated carbocycles. The first kappa shape index (κ1) is 15.9. The molecular weight excluding hydrogens is 345 g/mol. The van der Waals surface area contributed by atoms with Gasteiger partial charge in [0.15, 0.2) is 0 Å². The second-order valence-electron chi connectivity index (χ2n) is 5.52. The first-order valence-electron chi connectivity index (χ1n) is 6.75. The van der Waals surface area contributed by atoms with Crippen molar-refractivity contribution in [1.82, 2.24) is 4.31 Å². The minimum Gasteiger partial charge on any atom is -0.207 e. The van der Waals surface area contributed by atoms with Crippen molar-refractivity contribution in [2.75, 3.05) is 7.05 Å². The van der Waals surface area contributed by atoms with E-state index in [-0.39, 0.29) is 15.4 Å². The summed E-state index contributed by atoms with van der Waals surface area (Å²) in [7, 11) is -2.03. The molecule has 2 rings (SSSR count). The van der Waals surface area contributed by atoms with Gasteiger partial charge in [0, 0.05) is 13.1 Å². The SMILES string of the molecule is CC1CCCC(N(C)S(=O)(=O)c2ccc(Br)c(F)c2)C1. The van der Waals surface area contributed by atoms with E-state index in [9.17, 15) is 12.8 Å². The van der Waals surface area contributed by atoms with Crippen LogP contribution in [0.4, 0.5) is 4.39 Å². The Morgan fingerprint density at radius 2 is 2.05 bits per heavy atom. The monoisotopic (exact) mass is 363 g/mol. The molecule has 0 heterocycles. The molecule has 1 aliphatic rings. The van der Waals surface area contributed by atoms with Crippen molar-refractivity contribution in [3.05, 3.63) is 28.5 Å². The lowest BCUT2D eigenvalue weighted by Crippen LogP contribution is -2.39. The van der Waals surface area contributed by atoms with Crippen molar-refractivity contribution >= 4 is 26.0 Å². The smallest absolute Gasteiger partial charge is 0.207 e. The normalized spacial score (nSPS) is 24.1. The Labute approximate surface area is 128 Å². The number of benzene rings is 1. The molecule has 1 aliphatic carbocycles. The fraction of sp³-hybridized carbons (Fsp3) is 0.571. The summed E-state index contributed by atoms with van der Waals surface area (Å²) in [6, 6.07) is 3.95. The summed E-state index contributed by atoms with van der Waals surface area (Å²) in [5, 5.41) is 0. The van der Waals surface area contributed by atoms with Gasteiger partial charge in [-0.25, -0.2) is 12.8 Å². The van der Waals surface area contributed by atoms with Gasteiger partial charge in [-0.05, 0) is 52.9 Å². The Balaban J connectivity index is 2.26. The van der Waals surface area contributed by atoms with E-state index in [0.717, 1.165) is 31.7 Å². The quantitative estimate of drug-likeness (QED) is 0.819. The van der Waals surface area contributed by atoms with Crippen molar-refractivity contribution in [2.24, 2.45) is 5.92 Å². The van der Waals surface area contributed by atoms with E-state index in [2.05, 4.69) is 22.9 Å². The highest BCUT2D eigenvalue weighted by atomic mass is 79.9. The van der Waals surface area contributed by atoms with Gasteiger partial charge in [-0.2, -0.15) is 4.31 Å². The van der Waals surface area contributed by atoms with Crippen LogP contribution in [-0.4, -0.2) is 25.8 Å². The minimum atomic E-state index is -3.63. The Bertz CT molecular complexity index is 591. The summed E-state index contributed by atoms with van der Waals surface area (Å²) in [6.45, 7) is 2.14. The Morgan fingerprint density at radius 3 is 2.65 bits per heavy atom. The van der Waals surface area contributed by atoms with Crippen LogP contribution in [0.1, 0.15) is 32.6 Å². The summed E-state index contributed by atoms with van der Waals surface area (Å²) in [6.07, 6.45) is 3.94. The van der Waals surface area contributed by atoms with Gasteiger partial charge in [0.1, 0.15) is 5.82 Å². The number of hydrogen-bond donors (Lipinski definition) is 0. The Morgan fingerprint density at radius 1 is 1.35 bits per heavy atom. The molecule has 6 heteroatoms. The van der Waals surface area contributed by atoms with E-state index < -0.39 is 15.8 Å². The maximum absolute atomic E-state index is 13.5. The van der Waals surface area contributed by atoms with Gasteiger partial charge < -0.3 is 0 Å². The molecule has 20 heavy (non-hydrogen) atoms. The van der Waals surface area contributed by atoms with Gasteiger partial charge in [-0.1, -0.05) is 19.8 Å². The van der Waals surface area contributed by atoms with Crippen molar-refractivity contribution in [3.63, 3.8) is 0 Å². The predicted molar refractivity (Wildman–Crippen MR) is 80.5 cm³/mol. The van der Waals surface area contributed by atoms with Crippen LogP contribution in [0, 0.1) is 11.7 Å². The molecule has 1 aromatic carbocycles. The second kappa shape index (κ2) is 6.12. The third kappa shape index (κ3) is 3.23. The topological polar surface area (TPSA) is 37.4 Å². The Kier molecular flexibility index (Phi) is 4.87. The van der Waals surface area contributed by atoms with Gasteiger partial charge in [0.25, 0.3) is 0 Å². The zero-order valence-electron chi connectivity index (χ0n) is 11.6. The van der Waals surface area contributed by atoms with Gasteiger partial charge in [-0.3, -0.25) is 0 Å². The summed E-state index contributed by atoms with van der Waals surface area (Å²) < 4.78 is 40.3. The molecule has 0 amide bonds. The molecule has 0 N–H and O–H groups in total. The molecule has 0 spiro atoms. The molecule has 0 saturated heterocycles. The van der Waals surface area contributed by atoms with Gasteiger partial charge in [0.2, 0.25) is 10.0 Å². The van der Waals surface area contributed by atoms with Gasteiger partial charge >= 0.3 is 0 Å². The maximum atomic E-state index is 13.5. The molecule has 1 fully saturated rings. The molecule has 1 aromatic rings. The summed E-state index contributed by atoms with van der Waals surface area (Å²) >= 11 is 3.03. The van der Waals surface area contributed by atoms with E-state index in [0.29, 0.717) is 5.92 Å². The maximum Gasteiger partial charge on any atom is 0.243 e. The van der Waals surface area contributed by atoms with Crippen LogP contribution in [0.5, 0.6) is 0 Å². The van der Waals surface area contributed by atoms with Crippen molar-refractivity contribution in [1.29, 1.82) is 0 Å². The van der Waals surface area contributed by atoms with E-state index in [4.69, 9.17) is 0 Å². The predicted octanol–water partition coefficient (Wildman–Crippen LogP) is 3.79. The fourth-order valence-corrected chi connectivity index (χ4v) is 4.39. The highest BCUT2D eigenvalue weighted by Gasteiger charge is 2.31. The average Bonchev–Trinajstić information content (AvgIpc) is 2.40. The third-order valence-corrected chi connectivity index (χ3v) is 6.54. The lowest BCUT2D eigenvalue weighted by molar-refractivity contribution is 0.239. The standard InChI is InChI=1S/C14H19BrFNO2S/c1-10-4-3-5-11(8-10)17(2)20(18,19)12-6-7-13(15)14(16)9-12/h6-7,9-11H,3-5,8H2,1-2H3. The van der Waals surface area contributed by atoms with Crippen LogP contribution >= 0.6 is 15.9 Å². The lowest BCUT2D eigenvalue weighted by Gasteiger charge is -2.33. The van der Waals surface area contributed by atoms with E-state index in [1.54, 1.807) is 7.05 Å². The number of hydrogen-bond acceptors (Lipinski definition) is 2. The van der Waals surface area contributed by atoms with Crippen molar-refractivity contribution in [2.45, 2.75) is 43.5 Å². The lowest BCUT2D eigenvalue weighted by atomic mass is 9.87. The first-order chi connectivity index (χ1) is 9.32. The van der Waals surface area contributed by atoms with Crippen LogP contribution in [-0.2, 0) is 10.0 Å².